The van der Waals surface area contributed by atoms with E-state index in [1.807, 2.05) is 19.1 Å². The van der Waals surface area contributed by atoms with Crippen LogP contribution >= 0.6 is 27.3 Å². The van der Waals surface area contributed by atoms with Crippen molar-refractivity contribution in [2.75, 3.05) is 5.32 Å². The highest BCUT2D eigenvalue weighted by Crippen LogP contribution is 2.24. The molecule has 0 aliphatic carbocycles. The lowest BCUT2D eigenvalue weighted by atomic mass is 10.0. The lowest BCUT2D eigenvalue weighted by molar-refractivity contribution is -0.118. The van der Waals surface area contributed by atoms with E-state index in [1.54, 1.807) is 31.4 Å². The summed E-state index contributed by atoms with van der Waals surface area (Å²) in [5, 5.41) is 4.46. The first-order valence-electron chi connectivity index (χ1n) is 7.33. The number of carbonyl (C=O) groups excluding carboxylic acids is 1. The Balaban J connectivity index is 2.19. The summed E-state index contributed by atoms with van der Waals surface area (Å²) in [6.45, 7) is 5.54. The zero-order valence-electron chi connectivity index (χ0n) is 13.5. The summed E-state index contributed by atoms with van der Waals surface area (Å²) >= 11 is 4.52. The van der Waals surface area contributed by atoms with Crippen molar-refractivity contribution in [1.29, 1.82) is 0 Å². The topological polar surface area (TPSA) is 75.3 Å². The fourth-order valence-corrected chi connectivity index (χ4v) is 5.01. The van der Waals surface area contributed by atoms with Gasteiger partial charge < -0.3 is 5.32 Å². The molecule has 2 rings (SSSR count). The molecule has 0 fully saturated rings. The number of rotatable bonds is 6. The van der Waals surface area contributed by atoms with Gasteiger partial charge in [-0.25, -0.2) is 8.42 Å². The molecule has 0 radical (unpaired) electrons. The second-order valence-electron chi connectivity index (χ2n) is 5.75. The molecule has 2 N–H and O–H groups in total. The molecule has 2 aromatic rings. The highest BCUT2D eigenvalue weighted by atomic mass is 79.9. The van der Waals surface area contributed by atoms with E-state index in [4.69, 9.17) is 0 Å². The van der Waals surface area contributed by atoms with Crippen LogP contribution in [0.5, 0.6) is 0 Å². The van der Waals surface area contributed by atoms with Gasteiger partial charge in [0.1, 0.15) is 10.3 Å². The van der Waals surface area contributed by atoms with Crippen LogP contribution in [-0.4, -0.2) is 20.4 Å². The predicted octanol–water partition coefficient (Wildman–Crippen LogP) is 3.76. The second-order valence-corrected chi connectivity index (χ2v) is 9.49. The number of sulfonamides is 1. The van der Waals surface area contributed by atoms with Crippen LogP contribution in [0.2, 0.25) is 0 Å². The Hall–Kier alpha value is -1.22. The SMILES string of the molecule is Cc1ccc(NC(=O)[C@@H](NS(=O)(=O)c2cccs2)C(C)C)c(Br)c1. The summed E-state index contributed by atoms with van der Waals surface area (Å²) in [6, 6.07) is 7.84. The standard InChI is InChI=1S/C16H19BrN2O3S2/c1-10(2)15(19-24(21,22)14-5-4-8-23-14)16(20)18-13-7-6-11(3)9-12(13)17/h4-10,15,19H,1-3H3,(H,18,20)/t15-/m0/s1. The number of thiophene rings is 1. The maximum Gasteiger partial charge on any atom is 0.250 e. The van der Waals surface area contributed by atoms with Crippen LogP contribution in [-0.2, 0) is 14.8 Å². The Kier molecular flexibility index (Phi) is 6.19. The van der Waals surface area contributed by atoms with Crippen molar-refractivity contribution in [3.63, 3.8) is 0 Å². The van der Waals surface area contributed by atoms with E-state index < -0.39 is 22.0 Å². The highest BCUT2D eigenvalue weighted by molar-refractivity contribution is 9.10. The summed E-state index contributed by atoms with van der Waals surface area (Å²) in [5.41, 5.74) is 1.66. The minimum absolute atomic E-state index is 0.192. The predicted molar refractivity (Wildman–Crippen MR) is 101 cm³/mol. The van der Waals surface area contributed by atoms with E-state index in [0.29, 0.717) is 5.69 Å². The van der Waals surface area contributed by atoms with Gasteiger partial charge in [0, 0.05) is 4.47 Å². The third kappa shape index (κ3) is 4.66. The van der Waals surface area contributed by atoms with E-state index in [2.05, 4.69) is 26.0 Å². The van der Waals surface area contributed by atoms with Crippen molar-refractivity contribution in [2.45, 2.75) is 31.0 Å². The van der Waals surface area contributed by atoms with Gasteiger partial charge >= 0.3 is 0 Å². The zero-order chi connectivity index (χ0) is 17.9. The Bertz CT molecular complexity index is 818. The van der Waals surface area contributed by atoms with Gasteiger partial charge in [-0.1, -0.05) is 26.0 Å². The lowest BCUT2D eigenvalue weighted by Crippen LogP contribution is -2.46. The van der Waals surface area contributed by atoms with E-state index >= 15 is 0 Å². The number of aryl methyl sites for hydroxylation is 1. The van der Waals surface area contributed by atoms with E-state index in [0.717, 1.165) is 21.4 Å². The monoisotopic (exact) mass is 430 g/mol. The molecule has 24 heavy (non-hydrogen) atoms. The molecule has 5 nitrogen and oxygen atoms in total. The van der Waals surface area contributed by atoms with Crippen LogP contribution < -0.4 is 10.0 Å². The molecule has 0 spiro atoms. The minimum atomic E-state index is -3.72. The zero-order valence-corrected chi connectivity index (χ0v) is 16.8. The quantitative estimate of drug-likeness (QED) is 0.732. The summed E-state index contributed by atoms with van der Waals surface area (Å²) < 4.78 is 28.2. The summed E-state index contributed by atoms with van der Waals surface area (Å²) in [6.07, 6.45) is 0. The molecule has 0 unspecified atom stereocenters. The van der Waals surface area contributed by atoms with Gasteiger partial charge in [0.2, 0.25) is 5.91 Å². The van der Waals surface area contributed by atoms with Gasteiger partial charge in [-0.15, -0.1) is 11.3 Å². The van der Waals surface area contributed by atoms with Crippen molar-refractivity contribution >= 4 is 48.9 Å². The normalized spacial score (nSPS) is 13.0. The van der Waals surface area contributed by atoms with Crippen LogP contribution in [0.25, 0.3) is 0 Å². The molecule has 8 heteroatoms. The average molecular weight is 431 g/mol. The third-order valence-corrected chi connectivity index (χ3v) is 6.87. The van der Waals surface area contributed by atoms with Crippen LogP contribution in [0, 0.1) is 12.8 Å². The lowest BCUT2D eigenvalue weighted by Gasteiger charge is -2.21. The molecule has 1 aromatic carbocycles. The van der Waals surface area contributed by atoms with Crippen molar-refractivity contribution in [3.05, 3.63) is 45.7 Å². The summed E-state index contributed by atoms with van der Waals surface area (Å²) in [5.74, 6) is -0.598. The van der Waals surface area contributed by atoms with Crippen molar-refractivity contribution < 1.29 is 13.2 Å². The number of halogens is 1. The number of benzene rings is 1. The highest BCUT2D eigenvalue weighted by Gasteiger charge is 2.29. The molecular weight excluding hydrogens is 412 g/mol. The Morgan fingerprint density at radius 3 is 2.50 bits per heavy atom. The van der Waals surface area contributed by atoms with E-state index in [9.17, 15) is 13.2 Å². The Morgan fingerprint density at radius 2 is 1.96 bits per heavy atom. The first kappa shape index (κ1) is 19.1. The number of anilines is 1. The molecule has 1 amide bonds. The molecule has 0 aliphatic heterocycles. The number of carbonyl (C=O) groups is 1. The van der Waals surface area contributed by atoms with E-state index in [-0.39, 0.29) is 10.1 Å². The molecule has 0 bridgehead atoms. The number of hydrogen-bond donors (Lipinski definition) is 2. The number of amides is 1. The van der Waals surface area contributed by atoms with Crippen molar-refractivity contribution in [2.24, 2.45) is 5.92 Å². The maximum absolute atomic E-state index is 12.6. The van der Waals surface area contributed by atoms with Crippen LogP contribution in [0.3, 0.4) is 0 Å². The number of hydrogen-bond acceptors (Lipinski definition) is 4. The van der Waals surface area contributed by atoms with Crippen LogP contribution in [0.4, 0.5) is 5.69 Å². The molecule has 1 aromatic heterocycles. The smallest absolute Gasteiger partial charge is 0.250 e. The fourth-order valence-electron chi connectivity index (χ4n) is 2.07. The Labute approximate surface area is 154 Å². The molecule has 0 saturated carbocycles. The van der Waals surface area contributed by atoms with Crippen LogP contribution in [0.1, 0.15) is 19.4 Å². The fraction of sp³-hybridized carbons (Fsp3) is 0.312. The molecule has 1 heterocycles. The van der Waals surface area contributed by atoms with Gasteiger partial charge in [-0.05, 0) is 57.9 Å². The maximum atomic E-state index is 12.6. The van der Waals surface area contributed by atoms with Crippen molar-refractivity contribution in [3.8, 4) is 0 Å². The molecule has 130 valence electrons. The van der Waals surface area contributed by atoms with Gasteiger partial charge in [-0.2, -0.15) is 4.72 Å². The Morgan fingerprint density at radius 1 is 1.25 bits per heavy atom. The largest absolute Gasteiger partial charge is 0.324 e. The molecular formula is C16H19BrN2O3S2. The summed E-state index contributed by atoms with van der Waals surface area (Å²) in [7, 11) is -3.72. The molecule has 0 aliphatic rings. The minimum Gasteiger partial charge on any atom is -0.324 e. The van der Waals surface area contributed by atoms with E-state index in [1.165, 1.54) is 6.07 Å². The van der Waals surface area contributed by atoms with Gasteiger partial charge in [0.05, 0.1) is 5.69 Å². The third-order valence-electron chi connectivity index (χ3n) is 3.37. The van der Waals surface area contributed by atoms with Crippen molar-refractivity contribution in [1.82, 2.24) is 4.72 Å². The van der Waals surface area contributed by atoms with Crippen LogP contribution in [0.15, 0.2) is 44.4 Å². The average Bonchev–Trinajstić information content (AvgIpc) is 3.02. The number of nitrogens with one attached hydrogen (secondary N) is 2. The molecule has 0 saturated heterocycles. The first-order chi connectivity index (χ1) is 11.2. The summed E-state index contributed by atoms with van der Waals surface area (Å²) in [4.78, 5) is 12.6. The van der Waals surface area contributed by atoms with Gasteiger partial charge in [0.25, 0.3) is 10.0 Å². The second kappa shape index (κ2) is 7.77. The molecule has 1 atom stereocenters. The first-order valence-corrected chi connectivity index (χ1v) is 10.5. The van der Waals surface area contributed by atoms with Gasteiger partial charge in [0.15, 0.2) is 0 Å². The van der Waals surface area contributed by atoms with Gasteiger partial charge in [-0.3, -0.25) is 4.79 Å².